The number of nitrogens with zero attached hydrogens (tertiary/aromatic N) is 1. The Balaban J connectivity index is 1.71. The summed E-state index contributed by atoms with van der Waals surface area (Å²) in [7, 11) is 1.66. The zero-order valence-corrected chi connectivity index (χ0v) is 11.2. The van der Waals surface area contributed by atoms with Gasteiger partial charge in [-0.3, -0.25) is 4.79 Å². The van der Waals surface area contributed by atoms with Crippen molar-refractivity contribution in [3.05, 3.63) is 0 Å². The Kier molecular flexibility index (Phi) is 4.97. The summed E-state index contributed by atoms with van der Waals surface area (Å²) < 4.78 is 10.3. The normalized spacial score (nSPS) is 22.9. The van der Waals surface area contributed by atoms with Gasteiger partial charge in [-0.05, 0) is 31.3 Å². The third kappa shape index (κ3) is 3.43. The summed E-state index contributed by atoms with van der Waals surface area (Å²) in [6, 6.07) is 0. The predicted octanol–water partition coefficient (Wildman–Crippen LogP) is 0.252. The van der Waals surface area contributed by atoms with E-state index in [9.17, 15) is 4.79 Å². The van der Waals surface area contributed by atoms with Crippen LogP contribution in [0.5, 0.6) is 0 Å². The van der Waals surface area contributed by atoms with Gasteiger partial charge in [-0.1, -0.05) is 0 Å². The first-order valence-electron chi connectivity index (χ1n) is 6.81. The highest BCUT2D eigenvalue weighted by Crippen LogP contribution is 2.38. The lowest BCUT2D eigenvalue weighted by atomic mass is 9.78. The van der Waals surface area contributed by atoms with Crippen LogP contribution in [0.2, 0.25) is 0 Å². The number of amides is 1. The van der Waals surface area contributed by atoms with Crippen molar-refractivity contribution in [1.82, 2.24) is 10.2 Å². The van der Waals surface area contributed by atoms with Crippen molar-refractivity contribution in [2.75, 3.05) is 53.1 Å². The summed E-state index contributed by atoms with van der Waals surface area (Å²) >= 11 is 0. The van der Waals surface area contributed by atoms with Gasteiger partial charge < -0.3 is 19.7 Å². The molecule has 0 aliphatic carbocycles. The number of rotatable bonds is 6. The van der Waals surface area contributed by atoms with Crippen LogP contribution in [0.4, 0.5) is 0 Å². The highest BCUT2D eigenvalue weighted by Gasteiger charge is 2.43. The standard InChI is InChI=1S/C13H24N2O3/c1-17-8-9-18-7-6-15-11-13(10-12(15)16)2-4-14-5-3-13/h14H,2-11H2,1H3. The van der Waals surface area contributed by atoms with E-state index in [4.69, 9.17) is 9.47 Å². The van der Waals surface area contributed by atoms with Gasteiger partial charge >= 0.3 is 0 Å². The Morgan fingerprint density at radius 2 is 2.06 bits per heavy atom. The number of carbonyl (C=O) groups excluding carboxylic acids is 1. The van der Waals surface area contributed by atoms with Gasteiger partial charge in [-0.25, -0.2) is 0 Å². The smallest absolute Gasteiger partial charge is 0.223 e. The lowest BCUT2D eigenvalue weighted by molar-refractivity contribution is -0.128. The van der Waals surface area contributed by atoms with E-state index in [0.717, 1.165) is 45.4 Å². The number of nitrogens with one attached hydrogen (secondary N) is 1. The fourth-order valence-electron chi connectivity index (χ4n) is 2.90. The molecular weight excluding hydrogens is 232 g/mol. The third-order valence-corrected chi connectivity index (χ3v) is 4.01. The van der Waals surface area contributed by atoms with E-state index in [1.54, 1.807) is 7.11 Å². The topological polar surface area (TPSA) is 50.8 Å². The quantitative estimate of drug-likeness (QED) is 0.692. The minimum atomic E-state index is 0.245. The third-order valence-electron chi connectivity index (χ3n) is 4.01. The zero-order chi connectivity index (χ0) is 12.8. The molecule has 2 aliphatic heterocycles. The number of likely N-dealkylation sites (tertiary alicyclic amines) is 1. The number of hydrogen-bond donors (Lipinski definition) is 1. The first-order valence-corrected chi connectivity index (χ1v) is 6.81. The molecule has 2 rings (SSSR count). The zero-order valence-electron chi connectivity index (χ0n) is 11.2. The Morgan fingerprint density at radius 1 is 1.28 bits per heavy atom. The van der Waals surface area contributed by atoms with Crippen molar-refractivity contribution in [3.8, 4) is 0 Å². The molecule has 0 radical (unpaired) electrons. The maximum atomic E-state index is 12.0. The van der Waals surface area contributed by atoms with Gasteiger partial charge in [0.05, 0.1) is 19.8 Å². The molecule has 5 nitrogen and oxygen atoms in total. The molecule has 2 saturated heterocycles. The molecule has 1 amide bonds. The summed E-state index contributed by atoms with van der Waals surface area (Å²) in [5, 5.41) is 3.36. The summed E-state index contributed by atoms with van der Waals surface area (Å²) in [4.78, 5) is 14.0. The molecule has 1 spiro atoms. The molecule has 18 heavy (non-hydrogen) atoms. The molecular formula is C13H24N2O3. The van der Waals surface area contributed by atoms with Gasteiger partial charge in [0.15, 0.2) is 0 Å². The maximum absolute atomic E-state index is 12.0. The van der Waals surface area contributed by atoms with Crippen LogP contribution >= 0.6 is 0 Å². The van der Waals surface area contributed by atoms with Crippen LogP contribution in [0, 0.1) is 5.41 Å². The Bertz CT molecular complexity index is 277. The molecule has 5 heteroatoms. The Hall–Kier alpha value is -0.650. The molecule has 0 aromatic heterocycles. The molecule has 1 N–H and O–H groups in total. The summed E-state index contributed by atoms with van der Waals surface area (Å²) in [6.45, 7) is 5.57. The average Bonchev–Trinajstić information content (AvgIpc) is 2.66. The molecule has 0 bridgehead atoms. The minimum absolute atomic E-state index is 0.245. The first kappa shape index (κ1) is 13.8. The molecule has 2 aliphatic rings. The van der Waals surface area contributed by atoms with Gasteiger partial charge in [-0.15, -0.1) is 0 Å². The van der Waals surface area contributed by atoms with E-state index in [1.165, 1.54) is 0 Å². The molecule has 2 fully saturated rings. The van der Waals surface area contributed by atoms with E-state index in [1.807, 2.05) is 4.90 Å². The summed E-state index contributed by atoms with van der Waals surface area (Å²) in [6.07, 6.45) is 2.98. The Labute approximate surface area is 109 Å². The number of methoxy groups -OCH3 is 1. The summed E-state index contributed by atoms with van der Waals surface area (Å²) in [5.74, 6) is 0.298. The van der Waals surface area contributed by atoms with E-state index >= 15 is 0 Å². The number of carbonyl (C=O) groups is 1. The molecule has 0 atom stereocenters. The van der Waals surface area contributed by atoms with Crippen LogP contribution in [-0.4, -0.2) is 63.9 Å². The first-order chi connectivity index (χ1) is 8.76. The van der Waals surface area contributed by atoms with Gasteiger partial charge in [0.1, 0.15) is 0 Å². The van der Waals surface area contributed by atoms with Crippen LogP contribution in [-0.2, 0) is 14.3 Å². The van der Waals surface area contributed by atoms with Crippen molar-refractivity contribution < 1.29 is 14.3 Å². The van der Waals surface area contributed by atoms with Crippen LogP contribution in [0.25, 0.3) is 0 Å². The maximum Gasteiger partial charge on any atom is 0.223 e. The molecule has 0 unspecified atom stereocenters. The van der Waals surface area contributed by atoms with Crippen LogP contribution < -0.4 is 5.32 Å². The number of ether oxygens (including phenoxy) is 2. The highest BCUT2D eigenvalue weighted by atomic mass is 16.5. The lowest BCUT2D eigenvalue weighted by Crippen LogP contribution is -2.39. The molecule has 104 valence electrons. The van der Waals surface area contributed by atoms with Crippen molar-refractivity contribution in [2.45, 2.75) is 19.3 Å². The monoisotopic (exact) mass is 256 g/mol. The fraction of sp³-hybridized carbons (Fsp3) is 0.923. The second kappa shape index (κ2) is 6.50. The second-order valence-electron chi connectivity index (χ2n) is 5.35. The molecule has 0 aromatic rings. The van der Waals surface area contributed by atoms with E-state index in [2.05, 4.69) is 5.32 Å². The predicted molar refractivity (Wildman–Crippen MR) is 68.4 cm³/mol. The fourth-order valence-corrected chi connectivity index (χ4v) is 2.90. The van der Waals surface area contributed by atoms with Gasteiger partial charge in [0, 0.05) is 26.6 Å². The van der Waals surface area contributed by atoms with Crippen molar-refractivity contribution >= 4 is 5.91 Å². The SMILES string of the molecule is COCCOCCN1CC2(CCNCC2)CC1=O. The van der Waals surface area contributed by atoms with Crippen LogP contribution in [0.1, 0.15) is 19.3 Å². The lowest BCUT2D eigenvalue weighted by Gasteiger charge is -2.33. The van der Waals surface area contributed by atoms with Crippen molar-refractivity contribution in [2.24, 2.45) is 5.41 Å². The summed E-state index contributed by atoms with van der Waals surface area (Å²) in [5.41, 5.74) is 0.245. The number of hydrogen-bond acceptors (Lipinski definition) is 4. The van der Waals surface area contributed by atoms with Gasteiger partial charge in [-0.2, -0.15) is 0 Å². The van der Waals surface area contributed by atoms with Crippen LogP contribution in [0.3, 0.4) is 0 Å². The van der Waals surface area contributed by atoms with E-state index in [0.29, 0.717) is 25.7 Å². The highest BCUT2D eigenvalue weighted by molar-refractivity contribution is 5.79. The average molecular weight is 256 g/mol. The number of piperidine rings is 1. The van der Waals surface area contributed by atoms with Gasteiger partial charge in [0.25, 0.3) is 0 Å². The van der Waals surface area contributed by atoms with Crippen molar-refractivity contribution in [3.63, 3.8) is 0 Å². The largest absolute Gasteiger partial charge is 0.382 e. The van der Waals surface area contributed by atoms with E-state index < -0.39 is 0 Å². The van der Waals surface area contributed by atoms with E-state index in [-0.39, 0.29) is 5.41 Å². The van der Waals surface area contributed by atoms with Crippen molar-refractivity contribution in [1.29, 1.82) is 0 Å². The molecule has 0 aromatic carbocycles. The minimum Gasteiger partial charge on any atom is -0.382 e. The molecule has 2 heterocycles. The Morgan fingerprint density at radius 3 is 2.78 bits per heavy atom. The van der Waals surface area contributed by atoms with Crippen LogP contribution in [0.15, 0.2) is 0 Å². The van der Waals surface area contributed by atoms with Gasteiger partial charge in [0.2, 0.25) is 5.91 Å². The molecule has 0 saturated carbocycles. The second-order valence-corrected chi connectivity index (χ2v) is 5.35.